The summed E-state index contributed by atoms with van der Waals surface area (Å²) in [5, 5.41) is 0. The molecule has 0 aliphatic carbocycles. The average Bonchev–Trinajstić information content (AvgIpc) is 3.32. The van der Waals surface area contributed by atoms with Gasteiger partial charge >= 0.3 is 6.01 Å². The van der Waals surface area contributed by atoms with Crippen molar-refractivity contribution >= 4 is 11.6 Å². The number of nitrogens with zero attached hydrogens (tertiary/aromatic N) is 5. The van der Waals surface area contributed by atoms with Crippen molar-refractivity contribution in [1.29, 1.82) is 0 Å². The van der Waals surface area contributed by atoms with E-state index in [1.165, 1.54) is 25.3 Å². The van der Waals surface area contributed by atoms with Crippen LogP contribution in [-0.2, 0) is 30.8 Å². The Kier molecular flexibility index (Phi) is 6.16. The zero-order valence-corrected chi connectivity index (χ0v) is 20.6. The lowest BCUT2D eigenvalue weighted by molar-refractivity contribution is -0.135. The minimum atomic E-state index is -0.529. The molecule has 1 aromatic heterocycles. The summed E-state index contributed by atoms with van der Waals surface area (Å²) in [5.41, 5.74) is 6.06. The first-order valence-electron chi connectivity index (χ1n) is 12.5. The minimum Gasteiger partial charge on any atom is -0.467 e. The van der Waals surface area contributed by atoms with Crippen molar-refractivity contribution in [2.24, 2.45) is 4.99 Å². The van der Waals surface area contributed by atoms with Gasteiger partial charge in [-0.15, -0.1) is 0 Å². The summed E-state index contributed by atoms with van der Waals surface area (Å²) in [6.45, 7) is 2.62. The van der Waals surface area contributed by atoms with E-state index in [9.17, 15) is 13.6 Å². The quantitative estimate of drug-likeness (QED) is 0.532. The van der Waals surface area contributed by atoms with Gasteiger partial charge in [0.25, 0.3) is 0 Å². The van der Waals surface area contributed by atoms with Crippen LogP contribution in [0.15, 0.2) is 47.7 Å². The van der Waals surface area contributed by atoms with Gasteiger partial charge in [0.1, 0.15) is 11.6 Å². The lowest BCUT2D eigenvalue weighted by atomic mass is 9.90. The topological polar surface area (TPSA) is 70.9 Å². The molecule has 6 rings (SSSR count). The number of hydrogen-bond donors (Lipinski definition) is 0. The van der Waals surface area contributed by atoms with Gasteiger partial charge in [-0.05, 0) is 54.3 Å². The normalized spacial score (nSPS) is 19.4. The van der Waals surface area contributed by atoms with Crippen molar-refractivity contribution < 1.29 is 18.3 Å². The van der Waals surface area contributed by atoms with Crippen molar-refractivity contribution in [3.8, 4) is 6.01 Å². The van der Waals surface area contributed by atoms with E-state index in [1.807, 2.05) is 4.90 Å². The second-order valence-electron chi connectivity index (χ2n) is 9.83. The molecule has 0 unspecified atom stereocenters. The Morgan fingerprint density at radius 1 is 1.08 bits per heavy atom. The molecule has 0 saturated carbocycles. The fraction of sp³-hybridized carbons (Fsp3) is 0.357. The summed E-state index contributed by atoms with van der Waals surface area (Å²) in [4.78, 5) is 30.4. The Bertz CT molecular complexity index is 1370. The van der Waals surface area contributed by atoms with Crippen molar-refractivity contribution in [1.82, 2.24) is 19.8 Å². The van der Waals surface area contributed by atoms with Crippen LogP contribution in [0.3, 0.4) is 0 Å². The predicted octanol–water partition coefficient (Wildman–Crippen LogP) is 3.66. The number of ether oxygens (including phenoxy) is 1. The van der Waals surface area contributed by atoms with E-state index < -0.39 is 11.6 Å². The van der Waals surface area contributed by atoms with E-state index in [2.05, 4.69) is 27.0 Å². The smallest absolute Gasteiger partial charge is 0.316 e. The van der Waals surface area contributed by atoms with Gasteiger partial charge in [-0.1, -0.05) is 12.1 Å². The lowest BCUT2D eigenvalue weighted by Gasteiger charge is -2.41. The average molecular weight is 504 g/mol. The van der Waals surface area contributed by atoms with Crippen molar-refractivity contribution in [2.45, 2.75) is 44.9 Å². The highest BCUT2D eigenvalue weighted by Gasteiger charge is 2.34. The van der Waals surface area contributed by atoms with Crippen LogP contribution in [0.25, 0.3) is 0 Å². The van der Waals surface area contributed by atoms with E-state index in [0.29, 0.717) is 32.1 Å². The zero-order chi connectivity index (χ0) is 25.5. The largest absolute Gasteiger partial charge is 0.467 e. The van der Waals surface area contributed by atoms with Crippen LogP contribution in [0.1, 0.15) is 46.2 Å². The molecule has 3 aliphatic heterocycles. The summed E-state index contributed by atoms with van der Waals surface area (Å²) in [6, 6.07) is 8.52. The van der Waals surface area contributed by atoms with Crippen LogP contribution in [0, 0.1) is 11.6 Å². The van der Waals surface area contributed by atoms with Gasteiger partial charge in [0, 0.05) is 54.8 Å². The molecule has 0 bridgehead atoms. The fourth-order valence-electron chi connectivity index (χ4n) is 5.65. The van der Waals surface area contributed by atoms with E-state index in [4.69, 9.17) is 9.73 Å². The summed E-state index contributed by atoms with van der Waals surface area (Å²) in [6.07, 6.45) is 5.52. The van der Waals surface area contributed by atoms with Crippen molar-refractivity contribution in [2.75, 3.05) is 20.2 Å². The van der Waals surface area contributed by atoms with Crippen LogP contribution in [0.5, 0.6) is 6.01 Å². The van der Waals surface area contributed by atoms with E-state index in [-0.39, 0.29) is 24.1 Å². The number of aromatic nitrogens is 2. The number of fused-ring (bicyclic) bond motifs is 2. The monoisotopic (exact) mass is 503 g/mol. The highest BCUT2D eigenvalue weighted by molar-refractivity contribution is 6.15. The van der Waals surface area contributed by atoms with Crippen LogP contribution >= 0.6 is 0 Å². The molecular weight excluding hydrogens is 476 g/mol. The number of rotatable bonds is 5. The molecule has 3 aliphatic rings. The van der Waals surface area contributed by atoms with Gasteiger partial charge in [0.05, 0.1) is 25.8 Å². The molecule has 37 heavy (non-hydrogen) atoms. The van der Waals surface area contributed by atoms with Gasteiger partial charge in [-0.3, -0.25) is 14.7 Å². The Balaban J connectivity index is 1.21. The third kappa shape index (κ3) is 4.48. The standard InChI is InChI=1S/C28H27F2N5O2/c1-37-28-32-12-20(13-33-28)27-22-9-19-14-35(26(36)10-17(19)8-18(22)11-31-27)21-4-3-7-34(15-21)16-23-24(29)5-2-6-25(23)30/h2,5-6,8-9,12-13,21H,3-4,7,10-11,14-16H2,1H3/t21-/m1/s1. The maximum absolute atomic E-state index is 14.2. The molecule has 1 atom stereocenters. The van der Waals surface area contributed by atoms with Crippen molar-refractivity contribution in [3.05, 3.63) is 87.7 Å². The Labute approximate surface area is 213 Å². The molecule has 0 radical (unpaired) electrons. The second-order valence-corrected chi connectivity index (χ2v) is 9.83. The van der Waals surface area contributed by atoms with Crippen molar-refractivity contribution in [3.63, 3.8) is 0 Å². The molecular formula is C28H27F2N5O2. The number of hydrogen-bond acceptors (Lipinski definition) is 6. The van der Waals surface area contributed by atoms with Gasteiger partial charge in [0.15, 0.2) is 0 Å². The Morgan fingerprint density at radius 3 is 2.62 bits per heavy atom. The van der Waals surface area contributed by atoms with Crippen LogP contribution in [-0.4, -0.2) is 57.6 Å². The van der Waals surface area contributed by atoms with Gasteiger partial charge in [-0.25, -0.2) is 18.7 Å². The van der Waals surface area contributed by atoms with Crippen LogP contribution < -0.4 is 4.74 Å². The number of amides is 1. The van der Waals surface area contributed by atoms with Gasteiger partial charge < -0.3 is 9.64 Å². The van der Waals surface area contributed by atoms with E-state index in [1.54, 1.807) is 12.4 Å². The molecule has 2 aromatic carbocycles. The third-order valence-corrected chi connectivity index (χ3v) is 7.54. The first-order valence-corrected chi connectivity index (χ1v) is 12.5. The van der Waals surface area contributed by atoms with E-state index in [0.717, 1.165) is 52.9 Å². The highest BCUT2D eigenvalue weighted by atomic mass is 19.1. The molecule has 3 aromatic rings. The molecule has 9 heteroatoms. The number of halogens is 2. The molecule has 4 heterocycles. The highest BCUT2D eigenvalue weighted by Crippen LogP contribution is 2.32. The van der Waals surface area contributed by atoms with E-state index >= 15 is 0 Å². The third-order valence-electron chi connectivity index (χ3n) is 7.54. The number of likely N-dealkylation sites (tertiary alicyclic amines) is 1. The number of benzene rings is 2. The molecule has 1 fully saturated rings. The van der Waals surface area contributed by atoms with Crippen LogP contribution in [0.4, 0.5) is 8.78 Å². The van der Waals surface area contributed by atoms with Crippen LogP contribution in [0.2, 0.25) is 0 Å². The molecule has 1 amide bonds. The summed E-state index contributed by atoms with van der Waals surface area (Å²) < 4.78 is 33.5. The maximum Gasteiger partial charge on any atom is 0.316 e. The zero-order valence-electron chi connectivity index (χ0n) is 20.6. The second kappa shape index (κ2) is 9.63. The number of piperidine rings is 1. The molecule has 190 valence electrons. The SMILES string of the molecule is COc1ncc(C2=NCc3cc4c(cc32)CN([C@@H]2CCCN(Cc3c(F)cccc3F)C2)C(=O)C4)cn1. The van der Waals surface area contributed by atoms with Gasteiger partial charge in [0.2, 0.25) is 5.91 Å². The Hall–Kier alpha value is -3.72. The molecule has 1 saturated heterocycles. The number of methoxy groups -OCH3 is 1. The predicted molar refractivity (Wildman–Crippen MR) is 133 cm³/mol. The Morgan fingerprint density at radius 2 is 1.86 bits per heavy atom. The number of carbonyl (C=O) groups is 1. The minimum absolute atomic E-state index is 0.000569. The first-order chi connectivity index (χ1) is 18.0. The summed E-state index contributed by atoms with van der Waals surface area (Å²) in [7, 11) is 1.53. The number of carbonyl (C=O) groups excluding carboxylic acids is 1. The maximum atomic E-state index is 14.2. The molecule has 7 nitrogen and oxygen atoms in total. The van der Waals surface area contributed by atoms with Gasteiger partial charge in [-0.2, -0.15) is 0 Å². The molecule has 0 spiro atoms. The lowest BCUT2D eigenvalue weighted by Crippen LogP contribution is -2.51. The summed E-state index contributed by atoms with van der Waals surface area (Å²) in [5.74, 6) is -0.962. The first kappa shape index (κ1) is 23.7. The number of aliphatic imine (C=N–C) groups is 1. The summed E-state index contributed by atoms with van der Waals surface area (Å²) >= 11 is 0. The fourth-order valence-corrected chi connectivity index (χ4v) is 5.65. The molecule has 0 N–H and O–H groups in total.